The summed E-state index contributed by atoms with van der Waals surface area (Å²) < 4.78 is 11.3. The van der Waals surface area contributed by atoms with E-state index in [4.69, 9.17) is 9.47 Å². The minimum Gasteiger partial charge on any atom is -0.460 e. The van der Waals surface area contributed by atoms with Crippen LogP contribution in [0.5, 0.6) is 0 Å². The van der Waals surface area contributed by atoms with Gasteiger partial charge in [0.1, 0.15) is 5.60 Å². The largest absolute Gasteiger partial charge is 0.460 e. The van der Waals surface area contributed by atoms with Gasteiger partial charge in [-0.3, -0.25) is 4.79 Å². The van der Waals surface area contributed by atoms with Gasteiger partial charge in [-0.25, -0.2) is 0 Å². The van der Waals surface area contributed by atoms with Crippen LogP contribution in [0.15, 0.2) is 29.2 Å². The van der Waals surface area contributed by atoms with Crippen LogP contribution in [-0.4, -0.2) is 29.5 Å². The smallest absolute Gasteiger partial charge is 0.308 e. The number of rotatable bonds is 5. The minimum absolute atomic E-state index is 0.0120. The van der Waals surface area contributed by atoms with Crippen molar-refractivity contribution < 1.29 is 14.3 Å². The van der Waals surface area contributed by atoms with E-state index >= 15 is 0 Å². The molecular formula is C18H26O3S. The first-order valence-corrected chi connectivity index (χ1v) is 8.87. The zero-order valence-corrected chi connectivity index (χ0v) is 14.7. The molecule has 0 unspecified atom stereocenters. The summed E-state index contributed by atoms with van der Waals surface area (Å²) >= 11 is 1.82. The first kappa shape index (κ1) is 17.4. The van der Waals surface area contributed by atoms with Gasteiger partial charge in [-0.1, -0.05) is 17.7 Å². The van der Waals surface area contributed by atoms with Gasteiger partial charge in [0, 0.05) is 10.6 Å². The number of carbonyl (C=O) groups excluding carboxylic acids is 1. The highest BCUT2D eigenvalue weighted by Gasteiger charge is 2.29. The van der Waals surface area contributed by atoms with Crippen LogP contribution >= 0.6 is 11.8 Å². The standard InChI is InChI=1S/C18H26O3S/c1-13-6-5-7-16(10-13)22-12-15-9-8-14(20-15)11-17(19)21-18(2,3)4/h5-7,10,14-15H,8-9,11-12H2,1-4H3/t14-,15+/m1/s1. The summed E-state index contributed by atoms with van der Waals surface area (Å²) in [7, 11) is 0. The van der Waals surface area contributed by atoms with E-state index in [0.717, 1.165) is 18.6 Å². The number of aryl methyl sites for hydroxylation is 1. The average molecular weight is 322 g/mol. The van der Waals surface area contributed by atoms with Gasteiger partial charge in [0.15, 0.2) is 0 Å². The summed E-state index contributed by atoms with van der Waals surface area (Å²) in [5.74, 6) is 0.776. The lowest BCUT2D eigenvalue weighted by molar-refractivity contribution is -0.157. The van der Waals surface area contributed by atoms with E-state index in [9.17, 15) is 4.79 Å². The predicted octanol–water partition coefficient (Wildman–Crippen LogP) is 4.37. The zero-order chi connectivity index (χ0) is 16.2. The Bertz CT molecular complexity index is 507. The van der Waals surface area contributed by atoms with Crippen LogP contribution in [0.1, 0.15) is 45.6 Å². The van der Waals surface area contributed by atoms with Crippen molar-refractivity contribution in [3.8, 4) is 0 Å². The quantitative estimate of drug-likeness (QED) is 0.596. The second-order valence-corrected chi connectivity index (χ2v) is 7.97. The minimum atomic E-state index is -0.421. The molecule has 2 rings (SSSR count). The monoisotopic (exact) mass is 322 g/mol. The Hall–Kier alpha value is -1.00. The first-order valence-electron chi connectivity index (χ1n) is 7.88. The predicted molar refractivity (Wildman–Crippen MR) is 90.3 cm³/mol. The van der Waals surface area contributed by atoms with Crippen molar-refractivity contribution in [1.29, 1.82) is 0 Å². The Morgan fingerprint density at radius 1 is 1.32 bits per heavy atom. The van der Waals surface area contributed by atoms with Crippen molar-refractivity contribution >= 4 is 17.7 Å². The Balaban J connectivity index is 1.72. The van der Waals surface area contributed by atoms with E-state index in [1.807, 2.05) is 32.5 Å². The number of thioether (sulfide) groups is 1. The van der Waals surface area contributed by atoms with Gasteiger partial charge in [0.25, 0.3) is 0 Å². The normalized spacial score (nSPS) is 21.8. The van der Waals surface area contributed by atoms with Crippen molar-refractivity contribution in [2.75, 3.05) is 5.75 Å². The molecule has 2 atom stereocenters. The van der Waals surface area contributed by atoms with Crippen LogP contribution < -0.4 is 0 Å². The molecule has 0 bridgehead atoms. The Morgan fingerprint density at radius 2 is 2.05 bits per heavy atom. The molecule has 0 N–H and O–H groups in total. The average Bonchev–Trinajstić information content (AvgIpc) is 2.81. The van der Waals surface area contributed by atoms with Crippen LogP contribution in [0.3, 0.4) is 0 Å². The van der Waals surface area contributed by atoms with Crippen LogP contribution in [-0.2, 0) is 14.3 Å². The molecule has 1 heterocycles. The second kappa shape index (κ2) is 7.51. The van der Waals surface area contributed by atoms with Gasteiger partial charge in [0.05, 0.1) is 18.6 Å². The first-order chi connectivity index (χ1) is 10.3. The number of ether oxygens (including phenoxy) is 2. The molecule has 122 valence electrons. The van der Waals surface area contributed by atoms with Gasteiger partial charge >= 0.3 is 5.97 Å². The third kappa shape index (κ3) is 6.01. The van der Waals surface area contributed by atoms with Crippen molar-refractivity contribution in [2.45, 2.75) is 69.7 Å². The summed E-state index contributed by atoms with van der Waals surface area (Å²) in [5, 5.41) is 0. The van der Waals surface area contributed by atoms with Gasteiger partial charge in [-0.05, 0) is 52.7 Å². The topological polar surface area (TPSA) is 35.5 Å². The summed E-state index contributed by atoms with van der Waals surface area (Å²) in [5.41, 5.74) is 0.857. The summed E-state index contributed by atoms with van der Waals surface area (Å²) in [6, 6.07) is 8.51. The van der Waals surface area contributed by atoms with Crippen LogP contribution in [0.4, 0.5) is 0 Å². The summed E-state index contributed by atoms with van der Waals surface area (Å²) in [6.07, 6.45) is 2.57. The molecular weight excluding hydrogens is 296 g/mol. The lowest BCUT2D eigenvalue weighted by atomic mass is 10.1. The fraction of sp³-hybridized carbons (Fsp3) is 0.611. The fourth-order valence-corrected chi connectivity index (χ4v) is 3.58. The molecule has 0 saturated carbocycles. The number of esters is 1. The molecule has 0 spiro atoms. The fourth-order valence-electron chi connectivity index (χ4n) is 2.52. The molecule has 1 aliphatic heterocycles. The summed E-state index contributed by atoms with van der Waals surface area (Å²) in [4.78, 5) is 13.1. The van der Waals surface area contributed by atoms with E-state index in [-0.39, 0.29) is 18.2 Å². The van der Waals surface area contributed by atoms with Crippen molar-refractivity contribution in [2.24, 2.45) is 0 Å². The van der Waals surface area contributed by atoms with Crippen LogP contribution in [0.2, 0.25) is 0 Å². The summed E-state index contributed by atoms with van der Waals surface area (Å²) in [6.45, 7) is 7.78. The third-order valence-corrected chi connectivity index (χ3v) is 4.56. The lowest BCUT2D eigenvalue weighted by Crippen LogP contribution is -2.26. The third-order valence-electron chi connectivity index (χ3n) is 3.44. The Labute approximate surface area is 137 Å². The van der Waals surface area contributed by atoms with Gasteiger partial charge in [-0.2, -0.15) is 0 Å². The molecule has 0 aliphatic carbocycles. The molecule has 0 amide bonds. The van der Waals surface area contributed by atoms with Gasteiger partial charge < -0.3 is 9.47 Å². The van der Waals surface area contributed by atoms with Crippen LogP contribution in [0.25, 0.3) is 0 Å². The number of hydrogen-bond acceptors (Lipinski definition) is 4. The number of benzene rings is 1. The Kier molecular flexibility index (Phi) is 5.93. The van der Waals surface area contributed by atoms with Gasteiger partial charge in [-0.15, -0.1) is 11.8 Å². The Morgan fingerprint density at radius 3 is 2.73 bits per heavy atom. The maximum absolute atomic E-state index is 11.8. The molecule has 1 fully saturated rings. The van der Waals surface area contributed by atoms with E-state index in [1.165, 1.54) is 10.5 Å². The highest BCUT2D eigenvalue weighted by Crippen LogP contribution is 2.28. The molecule has 22 heavy (non-hydrogen) atoms. The van der Waals surface area contributed by atoms with Crippen LogP contribution in [0, 0.1) is 6.92 Å². The van der Waals surface area contributed by atoms with Crippen molar-refractivity contribution in [3.63, 3.8) is 0 Å². The van der Waals surface area contributed by atoms with Crippen molar-refractivity contribution in [3.05, 3.63) is 29.8 Å². The van der Waals surface area contributed by atoms with E-state index in [2.05, 4.69) is 31.2 Å². The zero-order valence-electron chi connectivity index (χ0n) is 13.9. The number of carbonyl (C=O) groups is 1. The van der Waals surface area contributed by atoms with E-state index in [1.54, 1.807) is 0 Å². The maximum atomic E-state index is 11.8. The molecule has 1 saturated heterocycles. The molecule has 3 nitrogen and oxygen atoms in total. The number of hydrogen-bond donors (Lipinski definition) is 0. The molecule has 1 aliphatic rings. The van der Waals surface area contributed by atoms with E-state index < -0.39 is 5.60 Å². The molecule has 0 radical (unpaired) electrons. The lowest BCUT2D eigenvalue weighted by Gasteiger charge is -2.21. The molecule has 1 aromatic carbocycles. The molecule has 1 aromatic rings. The van der Waals surface area contributed by atoms with Crippen molar-refractivity contribution in [1.82, 2.24) is 0 Å². The highest BCUT2D eigenvalue weighted by molar-refractivity contribution is 7.99. The second-order valence-electron chi connectivity index (χ2n) is 6.88. The van der Waals surface area contributed by atoms with E-state index in [0.29, 0.717) is 6.42 Å². The highest BCUT2D eigenvalue weighted by atomic mass is 32.2. The maximum Gasteiger partial charge on any atom is 0.308 e. The molecule has 4 heteroatoms. The molecule has 0 aromatic heterocycles. The SMILES string of the molecule is Cc1cccc(SC[C@@H]2CC[C@H](CC(=O)OC(C)(C)C)O2)c1. The van der Waals surface area contributed by atoms with Gasteiger partial charge in [0.2, 0.25) is 0 Å².